The van der Waals surface area contributed by atoms with Crippen molar-refractivity contribution in [3.63, 3.8) is 0 Å². The SMILES string of the molecule is N#CC1=CC2CC(c3ccccc3)C2(C#N)c2ccccc21. The van der Waals surface area contributed by atoms with Crippen LogP contribution in [0.1, 0.15) is 29.0 Å². The maximum Gasteiger partial charge on any atom is 0.0994 e. The van der Waals surface area contributed by atoms with Crippen LogP contribution >= 0.6 is 0 Å². The third kappa shape index (κ3) is 1.47. The van der Waals surface area contributed by atoms with Gasteiger partial charge in [-0.15, -0.1) is 0 Å². The molecule has 0 spiro atoms. The normalized spacial score (nSPS) is 28.2. The average Bonchev–Trinajstić information content (AvgIpc) is 2.56. The number of hydrogen-bond acceptors (Lipinski definition) is 2. The van der Waals surface area contributed by atoms with Gasteiger partial charge in [0.1, 0.15) is 0 Å². The predicted molar refractivity (Wildman–Crippen MR) is 84.6 cm³/mol. The Morgan fingerprint density at radius 3 is 2.41 bits per heavy atom. The van der Waals surface area contributed by atoms with Gasteiger partial charge in [-0.1, -0.05) is 60.7 Å². The number of hydrogen-bond donors (Lipinski definition) is 0. The largest absolute Gasteiger partial charge is 0.197 e. The van der Waals surface area contributed by atoms with Crippen LogP contribution in [-0.4, -0.2) is 0 Å². The maximum absolute atomic E-state index is 10.0. The summed E-state index contributed by atoms with van der Waals surface area (Å²) in [5, 5.41) is 19.5. The monoisotopic (exact) mass is 282 g/mol. The number of nitriles is 2. The second-order valence-electron chi connectivity index (χ2n) is 6.02. The molecule has 0 heterocycles. The predicted octanol–water partition coefficient (Wildman–Crippen LogP) is 4.17. The molecule has 3 unspecified atom stereocenters. The summed E-state index contributed by atoms with van der Waals surface area (Å²) < 4.78 is 0. The molecule has 0 radical (unpaired) electrons. The van der Waals surface area contributed by atoms with Crippen LogP contribution in [0.3, 0.4) is 0 Å². The fraction of sp³-hybridized carbons (Fsp3) is 0.200. The van der Waals surface area contributed by atoms with Crippen molar-refractivity contribution in [3.8, 4) is 12.1 Å². The van der Waals surface area contributed by atoms with Gasteiger partial charge in [0.25, 0.3) is 0 Å². The van der Waals surface area contributed by atoms with Crippen LogP contribution in [0.5, 0.6) is 0 Å². The molecular weight excluding hydrogens is 268 g/mol. The van der Waals surface area contributed by atoms with Crippen molar-refractivity contribution in [2.24, 2.45) is 5.92 Å². The van der Waals surface area contributed by atoms with Gasteiger partial charge in [0.15, 0.2) is 0 Å². The van der Waals surface area contributed by atoms with Crippen molar-refractivity contribution < 1.29 is 0 Å². The Balaban J connectivity index is 1.92. The molecule has 1 saturated carbocycles. The van der Waals surface area contributed by atoms with Gasteiger partial charge in [0.05, 0.1) is 23.1 Å². The molecule has 2 nitrogen and oxygen atoms in total. The summed E-state index contributed by atoms with van der Waals surface area (Å²) in [6.45, 7) is 0. The molecule has 104 valence electrons. The molecular formula is C20H14N2. The van der Waals surface area contributed by atoms with E-state index in [9.17, 15) is 10.5 Å². The van der Waals surface area contributed by atoms with E-state index < -0.39 is 5.41 Å². The zero-order valence-electron chi connectivity index (χ0n) is 12.0. The molecule has 0 aromatic heterocycles. The Morgan fingerprint density at radius 1 is 0.955 bits per heavy atom. The Morgan fingerprint density at radius 2 is 1.68 bits per heavy atom. The average molecular weight is 282 g/mol. The first kappa shape index (κ1) is 12.9. The fourth-order valence-corrected chi connectivity index (χ4v) is 4.08. The number of nitrogens with zero attached hydrogens (tertiary/aromatic N) is 2. The third-order valence-electron chi connectivity index (χ3n) is 5.16. The Bertz CT molecular complexity index is 851. The van der Waals surface area contributed by atoms with E-state index in [4.69, 9.17) is 0 Å². The molecule has 0 saturated heterocycles. The van der Waals surface area contributed by atoms with Gasteiger partial charge in [-0.3, -0.25) is 0 Å². The summed E-state index contributed by atoms with van der Waals surface area (Å²) in [6, 6.07) is 23.0. The maximum atomic E-state index is 10.0. The Kier molecular flexibility index (Phi) is 2.68. The van der Waals surface area contributed by atoms with Crippen LogP contribution in [0.4, 0.5) is 0 Å². The van der Waals surface area contributed by atoms with E-state index in [1.807, 2.05) is 48.5 Å². The van der Waals surface area contributed by atoms with Gasteiger partial charge in [-0.05, 0) is 23.1 Å². The van der Waals surface area contributed by atoms with E-state index in [0.717, 1.165) is 17.5 Å². The highest BCUT2D eigenvalue weighted by Crippen LogP contribution is 2.62. The van der Waals surface area contributed by atoms with Gasteiger partial charge in [0.2, 0.25) is 0 Å². The molecule has 0 aliphatic heterocycles. The van der Waals surface area contributed by atoms with Gasteiger partial charge in [-0.25, -0.2) is 0 Å². The third-order valence-corrected chi connectivity index (χ3v) is 5.16. The Hall–Kier alpha value is -2.84. The van der Waals surface area contributed by atoms with Crippen LogP contribution in [0.2, 0.25) is 0 Å². The molecule has 2 aliphatic rings. The van der Waals surface area contributed by atoms with Gasteiger partial charge < -0.3 is 0 Å². The highest BCUT2D eigenvalue weighted by molar-refractivity contribution is 5.83. The van der Waals surface area contributed by atoms with E-state index in [1.54, 1.807) is 0 Å². The molecule has 2 aromatic carbocycles. The standard InChI is InChI=1S/C20H14N2/c21-12-15-10-16-11-19(14-6-2-1-3-7-14)20(16,13-22)18-9-5-4-8-17(15)18/h1-10,16,19H,11H2. The minimum Gasteiger partial charge on any atom is -0.197 e. The zero-order valence-corrected chi connectivity index (χ0v) is 12.0. The molecule has 1 fully saturated rings. The lowest BCUT2D eigenvalue weighted by Gasteiger charge is -2.53. The van der Waals surface area contributed by atoms with E-state index in [-0.39, 0.29) is 11.8 Å². The van der Waals surface area contributed by atoms with Crippen molar-refractivity contribution in [1.82, 2.24) is 0 Å². The van der Waals surface area contributed by atoms with Gasteiger partial charge in [0, 0.05) is 11.8 Å². The van der Waals surface area contributed by atoms with Crippen molar-refractivity contribution in [1.29, 1.82) is 10.5 Å². The number of rotatable bonds is 1. The molecule has 2 heteroatoms. The fourth-order valence-electron chi connectivity index (χ4n) is 4.08. The minimum atomic E-state index is -0.529. The molecule has 0 bridgehead atoms. The first-order chi connectivity index (χ1) is 10.8. The summed E-state index contributed by atoms with van der Waals surface area (Å²) in [5.41, 5.74) is 3.32. The van der Waals surface area contributed by atoms with Crippen LogP contribution in [0.15, 0.2) is 60.7 Å². The number of fused-ring (bicyclic) bond motifs is 3. The Labute approximate surface area is 129 Å². The van der Waals surface area contributed by atoms with E-state index in [2.05, 4.69) is 24.3 Å². The number of benzene rings is 2. The quantitative estimate of drug-likeness (QED) is 0.788. The van der Waals surface area contributed by atoms with Gasteiger partial charge >= 0.3 is 0 Å². The summed E-state index contributed by atoms with van der Waals surface area (Å²) in [5.74, 6) is 0.327. The summed E-state index contributed by atoms with van der Waals surface area (Å²) in [7, 11) is 0. The smallest absolute Gasteiger partial charge is 0.0994 e. The van der Waals surface area contributed by atoms with Crippen molar-refractivity contribution >= 4 is 5.57 Å². The first-order valence-electron chi connectivity index (χ1n) is 7.49. The lowest BCUT2D eigenvalue weighted by molar-refractivity contribution is 0.178. The van der Waals surface area contributed by atoms with E-state index in [0.29, 0.717) is 5.57 Å². The molecule has 2 aliphatic carbocycles. The van der Waals surface area contributed by atoms with E-state index >= 15 is 0 Å². The second-order valence-corrected chi connectivity index (χ2v) is 6.02. The summed E-state index contributed by atoms with van der Waals surface area (Å²) in [4.78, 5) is 0. The topological polar surface area (TPSA) is 47.6 Å². The van der Waals surface area contributed by atoms with Crippen molar-refractivity contribution in [3.05, 3.63) is 77.4 Å². The second kappa shape index (κ2) is 4.58. The van der Waals surface area contributed by atoms with Crippen LogP contribution in [-0.2, 0) is 5.41 Å². The van der Waals surface area contributed by atoms with Gasteiger partial charge in [-0.2, -0.15) is 10.5 Å². The van der Waals surface area contributed by atoms with Crippen LogP contribution in [0, 0.1) is 28.6 Å². The van der Waals surface area contributed by atoms with Crippen molar-refractivity contribution in [2.45, 2.75) is 17.8 Å². The molecule has 0 N–H and O–H groups in total. The first-order valence-corrected chi connectivity index (χ1v) is 7.49. The lowest BCUT2D eigenvalue weighted by atomic mass is 9.46. The highest BCUT2D eigenvalue weighted by atomic mass is 14.6. The minimum absolute atomic E-state index is 0.132. The lowest BCUT2D eigenvalue weighted by Crippen LogP contribution is -2.51. The number of allylic oxidation sites excluding steroid dienone is 2. The zero-order chi connectivity index (χ0) is 15.2. The molecule has 4 rings (SSSR count). The molecule has 2 aromatic rings. The molecule has 3 atom stereocenters. The molecule has 22 heavy (non-hydrogen) atoms. The highest BCUT2D eigenvalue weighted by Gasteiger charge is 2.58. The molecule has 0 amide bonds. The van der Waals surface area contributed by atoms with Crippen molar-refractivity contribution in [2.75, 3.05) is 0 Å². The van der Waals surface area contributed by atoms with Crippen LogP contribution < -0.4 is 0 Å². The van der Waals surface area contributed by atoms with Crippen LogP contribution in [0.25, 0.3) is 5.57 Å². The summed E-state index contributed by atoms with van der Waals surface area (Å²) >= 11 is 0. The van der Waals surface area contributed by atoms with E-state index in [1.165, 1.54) is 5.56 Å². The summed E-state index contributed by atoms with van der Waals surface area (Å²) in [6.07, 6.45) is 2.93.